The Morgan fingerprint density at radius 3 is 2.68 bits per heavy atom. The molecular weight excluding hydrogens is 381 g/mol. The first-order valence-electron chi connectivity index (χ1n) is 8.72. The van der Waals surface area contributed by atoms with Gasteiger partial charge in [-0.25, -0.2) is 0 Å². The van der Waals surface area contributed by atoms with Crippen LogP contribution in [0.15, 0.2) is 24.3 Å². The summed E-state index contributed by atoms with van der Waals surface area (Å²) in [5.41, 5.74) is 1.20. The fourth-order valence-electron chi connectivity index (χ4n) is 3.64. The number of nitrogens with zero attached hydrogens (tertiary/aromatic N) is 1. The Kier molecular flexibility index (Phi) is 10.1. The molecule has 7 heteroatoms. The van der Waals surface area contributed by atoms with E-state index in [1.807, 2.05) is 18.2 Å². The van der Waals surface area contributed by atoms with E-state index in [0.717, 1.165) is 44.0 Å². The molecule has 25 heavy (non-hydrogen) atoms. The fraction of sp³-hybridized carbons (Fsp3) is 0.611. The molecule has 1 aromatic rings. The van der Waals surface area contributed by atoms with Gasteiger partial charge in [-0.05, 0) is 63.0 Å². The van der Waals surface area contributed by atoms with Crippen molar-refractivity contribution in [3.63, 3.8) is 0 Å². The second-order valence-electron chi connectivity index (χ2n) is 6.60. The molecule has 142 valence electrons. The molecule has 2 aliphatic rings. The van der Waals surface area contributed by atoms with E-state index >= 15 is 0 Å². The summed E-state index contributed by atoms with van der Waals surface area (Å²) in [4.78, 5) is 14.9. The predicted octanol–water partition coefficient (Wildman–Crippen LogP) is 3.44. The van der Waals surface area contributed by atoms with Gasteiger partial charge in [0.25, 0.3) is 0 Å². The Morgan fingerprint density at radius 2 is 2.04 bits per heavy atom. The maximum Gasteiger partial charge on any atom is 0.224 e. The van der Waals surface area contributed by atoms with E-state index in [-0.39, 0.29) is 42.7 Å². The van der Waals surface area contributed by atoms with Gasteiger partial charge in [-0.3, -0.25) is 9.69 Å². The highest BCUT2D eigenvalue weighted by Gasteiger charge is 2.26. The molecule has 2 aliphatic heterocycles. The number of hydrogen-bond donors (Lipinski definition) is 2. The third kappa shape index (κ3) is 6.30. The van der Waals surface area contributed by atoms with E-state index in [9.17, 15) is 4.79 Å². The van der Waals surface area contributed by atoms with Crippen LogP contribution in [0.4, 0.5) is 0 Å². The summed E-state index contributed by atoms with van der Waals surface area (Å²) in [6.45, 7) is 4.69. The summed E-state index contributed by atoms with van der Waals surface area (Å²) in [6, 6.07) is 8.25. The number of halogens is 3. The molecule has 3 rings (SSSR count). The maximum atomic E-state index is 12.4. The number of amides is 1. The summed E-state index contributed by atoms with van der Waals surface area (Å²) in [6.07, 6.45) is 4.54. The lowest BCUT2D eigenvalue weighted by atomic mass is 9.98. The molecule has 2 N–H and O–H groups in total. The van der Waals surface area contributed by atoms with Crippen LogP contribution in [0.1, 0.15) is 37.3 Å². The molecule has 0 aromatic heterocycles. The largest absolute Gasteiger partial charge is 0.354 e. The minimum absolute atomic E-state index is 0. The molecule has 0 aliphatic carbocycles. The Morgan fingerprint density at radius 1 is 1.28 bits per heavy atom. The molecule has 2 unspecified atom stereocenters. The van der Waals surface area contributed by atoms with Crippen LogP contribution in [0.2, 0.25) is 5.02 Å². The average molecular weight is 409 g/mol. The van der Waals surface area contributed by atoms with Crippen molar-refractivity contribution in [1.29, 1.82) is 0 Å². The SMILES string of the molecule is Cl.Cl.O=C(NCC(c1cccc(Cl)c1)N1CCCC1)C1CCCNC1. The zero-order chi connectivity index (χ0) is 16.1. The second kappa shape index (κ2) is 11.2. The Hall–Kier alpha value is -0.520. The summed E-state index contributed by atoms with van der Waals surface area (Å²) >= 11 is 6.17. The summed E-state index contributed by atoms with van der Waals surface area (Å²) in [5, 5.41) is 7.25. The zero-order valence-electron chi connectivity index (χ0n) is 14.4. The Balaban J connectivity index is 0.00000156. The van der Waals surface area contributed by atoms with E-state index in [0.29, 0.717) is 6.54 Å². The van der Waals surface area contributed by atoms with E-state index in [4.69, 9.17) is 11.6 Å². The minimum atomic E-state index is 0. The van der Waals surface area contributed by atoms with Crippen LogP contribution in [0.25, 0.3) is 0 Å². The molecule has 1 amide bonds. The minimum Gasteiger partial charge on any atom is -0.354 e. The fourth-order valence-corrected chi connectivity index (χ4v) is 3.84. The Bertz CT molecular complexity index is 532. The standard InChI is InChI=1S/C18H26ClN3O.2ClH/c19-16-7-3-5-14(11-16)17(22-9-1-2-10-22)13-21-18(23)15-6-4-8-20-12-15;;/h3,5,7,11,15,17,20H,1-2,4,6,8-10,12-13H2,(H,21,23);2*1H. The van der Waals surface area contributed by atoms with Gasteiger partial charge in [0, 0.05) is 18.1 Å². The van der Waals surface area contributed by atoms with Gasteiger partial charge in [-0.1, -0.05) is 23.7 Å². The molecule has 2 fully saturated rings. The number of benzene rings is 1. The smallest absolute Gasteiger partial charge is 0.224 e. The number of piperidine rings is 1. The third-order valence-electron chi connectivity index (χ3n) is 4.95. The van der Waals surface area contributed by atoms with E-state index in [2.05, 4.69) is 21.6 Å². The van der Waals surface area contributed by atoms with Gasteiger partial charge in [-0.15, -0.1) is 24.8 Å². The number of nitrogens with one attached hydrogen (secondary N) is 2. The van der Waals surface area contributed by atoms with Crippen molar-refractivity contribution >= 4 is 42.3 Å². The molecule has 0 spiro atoms. The molecule has 1 aromatic carbocycles. The lowest BCUT2D eigenvalue weighted by Crippen LogP contribution is -2.43. The molecule has 2 heterocycles. The van der Waals surface area contributed by atoms with Crippen molar-refractivity contribution in [2.45, 2.75) is 31.7 Å². The molecule has 2 atom stereocenters. The van der Waals surface area contributed by atoms with Crippen molar-refractivity contribution in [2.24, 2.45) is 5.92 Å². The van der Waals surface area contributed by atoms with Crippen molar-refractivity contribution in [3.05, 3.63) is 34.9 Å². The van der Waals surface area contributed by atoms with Crippen molar-refractivity contribution in [2.75, 3.05) is 32.7 Å². The number of rotatable bonds is 5. The van der Waals surface area contributed by atoms with Gasteiger partial charge in [0.15, 0.2) is 0 Å². The highest BCUT2D eigenvalue weighted by Crippen LogP contribution is 2.26. The lowest BCUT2D eigenvalue weighted by molar-refractivity contribution is -0.125. The van der Waals surface area contributed by atoms with Gasteiger partial charge in [0.2, 0.25) is 5.91 Å². The van der Waals surface area contributed by atoms with Crippen LogP contribution in [0.3, 0.4) is 0 Å². The second-order valence-corrected chi connectivity index (χ2v) is 7.04. The maximum absolute atomic E-state index is 12.4. The molecule has 0 bridgehead atoms. The first-order chi connectivity index (χ1) is 11.2. The van der Waals surface area contributed by atoms with Crippen molar-refractivity contribution < 1.29 is 4.79 Å². The van der Waals surface area contributed by atoms with E-state index in [1.54, 1.807) is 0 Å². The van der Waals surface area contributed by atoms with Gasteiger partial charge in [-0.2, -0.15) is 0 Å². The zero-order valence-corrected chi connectivity index (χ0v) is 16.8. The van der Waals surface area contributed by atoms with Gasteiger partial charge < -0.3 is 10.6 Å². The topological polar surface area (TPSA) is 44.4 Å². The van der Waals surface area contributed by atoms with Crippen LogP contribution in [-0.2, 0) is 4.79 Å². The summed E-state index contributed by atoms with van der Waals surface area (Å²) in [7, 11) is 0. The number of hydrogen-bond acceptors (Lipinski definition) is 3. The van der Waals surface area contributed by atoms with Crippen LogP contribution >= 0.6 is 36.4 Å². The summed E-state index contributed by atoms with van der Waals surface area (Å²) in [5.74, 6) is 0.297. The Labute approximate surface area is 167 Å². The van der Waals surface area contributed by atoms with Crippen LogP contribution in [0, 0.1) is 5.92 Å². The molecule has 0 saturated carbocycles. The molecule has 2 saturated heterocycles. The van der Waals surface area contributed by atoms with Gasteiger partial charge in [0.05, 0.1) is 12.0 Å². The predicted molar refractivity (Wildman–Crippen MR) is 108 cm³/mol. The van der Waals surface area contributed by atoms with Crippen LogP contribution in [-0.4, -0.2) is 43.5 Å². The first-order valence-corrected chi connectivity index (χ1v) is 9.10. The molecule has 0 radical (unpaired) electrons. The van der Waals surface area contributed by atoms with Crippen molar-refractivity contribution in [1.82, 2.24) is 15.5 Å². The monoisotopic (exact) mass is 407 g/mol. The van der Waals surface area contributed by atoms with Crippen LogP contribution < -0.4 is 10.6 Å². The first kappa shape index (κ1) is 22.5. The highest BCUT2D eigenvalue weighted by molar-refractivity contribution is 6.30. The highest BCUT2D eigenvalue weighted by atomic mass is 35.5. The number of likely N-dealkylation sites (tertiary alicyclic amines) is 1. The van der Waals surface area contributed by atoms with Gasteiger partial charge >= 0.3 is 0 Å². The van der Waals surface area contributed by atoms with Crippen molar-refractivity contribution in [3.8, 4) is 0 Å². The quantitative estimate of drug-likeness (QED) is 0.784. The molecular formula is C18H28Cl3N3O. The van der Waals surface area contributed by atoms with Crippen LogP contribution in [0.5, 0.6) is 0 Å². The molecule has 4 nitrogen and oxygen atoms in total. The van der Waals surface area contributed by atoms with E-state index in [1.165, 1.54) is 18.4 Å². The number of carbonyl (C=O) groups excluding carboxylic acids is 1. The van der Waals surface area contributed by atoms with Gasteiger partial charge in [0.1, 0.15) is 0 Å². The number of carbonyl (C=O) groups is 1. The lowest BCUT2D eigenvalue weighted by Gasteiger charge is -2.29. The summed E-state index contributed by atoms with van der Waals surface area (Å²) < 4.78 is 0. The average Bonchev–Trinajstić information content (AvgIpc) is 3.10. The third-order valence-corrected chi connectivity index (χ3v) is 5.19. The van der Waals surface area contributed by atoms with E-state index < -0.39 is 0 Å². The normalized spacial score (nSPS) is 21.7.